The number of anilines is 1. The van der Waals surface area contributed by atoms with Crippen LogP contribution in [0.2, 0.25) is 0 Å². The summed E-state index contributed by atoms with van der Waals surface area (Å²) in [5, 5.41) is 2.73. The molecule has 1 atom stereocenters. The van der Waals surface area contributed by atoms with Gasteiger partial charge in [0.05, 0.1) is 25.3 Å². The van der Waals surface area contributed by atoms with Gasteiger partial charge in [0.1, 0.15) is 5.75 Å². The first-order chi connectivity index (χ1) is 15.0. The zero-order valence-corrected chi connectivity index (χ0v) is 17.0. The van der Waals surface area contributed by atoms with Crippen molar-refractivity contribution in [3.63, 3.8) is 0 Å². The summed E-state index contributed by atoms with van der Waals surface area (Å²) in [6.45, 7) is 0. The molecule has 0 aliphatic rings. The lowest BCUT2D eigenvalue weighted by atomic mass is 10.1. The van der Waals surface area contributed by atoms with Gasteiger partial charge in [-0.15, -0.1) is 0 Å². The van der Waals surface area contributed by atoms with Crippen molar-refractivity contribution in [3.05, 3.63) is 95.6 Å². The molecule has 1 unspecified atom stereocenters. The number of ether oxygens (including phenoxy) is 3. The number of carbonyl (C=O) groups excluding carboxylic acids is 3. The molecule has 0 saturated heterocycles. The minimum absolute atomic E-state index is 0.00697. The van der Waals surface area contributed by atoms with Crippen molar-refractivity contribution in [1.29, 1.82) is 0 Å². The lowest BCUT2D eigenvalue weighted by Crippen LogP contribution is -2.26. The van der Waals surface area contributed by atoms with Crippen LogP contribution in [-0.2, 0) is 14.3 Å². The summed E-state index contributed by atoms with van der Waals surface area (Å²) in [4.78, 5) is 37.9. The largest absolute Gasteiger partial charge is 0.497 e. The Bertz CT molecular complexity index is 1060. The molecule has 3 aromatic carbocycles. The molecular weight excluding hydrogens is 398 g/mol. The van der Waals surface area contributed by atoms with Crippen LogP contribution in [0.25, 0.3) is 0 Å². The number of hydrogen-bond acceptors (Lipinski definition) is 6. The van der Waals surface area contributed by atoms with Crippen molar-refractivity contribution in [3.8, 4) is 5.75 Å². The standard InChI is InChI=1S/C24H21NO6/c1-29-18-14-12-17(13-15-18)25-22(26)21(16-8-4-3-5-9-16)31-24(28)20-11-7-6-10-19(20)23(27)30-2/h3-15,21H,1-2H3,(H,25,26). The summed E-state index contributed by atoms with van der Waals surface area (Å²) in [6.07, 6.45) is -1.23. The highest BCUT2D eigenvalue weighted by molar-refractivity contribution is 6.04. The highest BCUT2D eigenvalue weighted by atomic mass is 16.5. The zero-order chi connectivity index (χ0) is 22.2. The van der Waals surface area contributed by atoms with Crippen molar-refractivity contribution in [1.82, 2.24) is 0 Å². The van der Waals surface area contributed by atoms with Crippen LogP contribution >= 0.6 is 0 Å². The minimum atomic E-state index is -1.23. The van der Waals surface area contributed by atoms with E-state index in [1.807, 2.05) is 0 Å². The molecule has 0 aromatic heterocycles. The monoisotopic (exact) mass is 419 g/mol. The van der Waals surface area contributed by atoms with Gasteiger partial charge in [-0.1, -0.05) is 42.5 Å². The van der Waals surface area contributed by atoms with E-state index in [-0.39, 0.29) is 11.1 Å². The van der Waals surface area contributed by atoms with Crippen LogP contribution in [-0.4, -0.2) is 32.1 Å². The molecule has 0 fully saturated rings. The van der Waals surface area contributed by atoms with E-state index in [1.165, 1.54) is 19.2 Å². The lowest BCUT2D eigenvalue weighted by Gasteiger charge is -2.19. The van der Waals surface area contributed by atoms with Crippen LogP contribution in [0.1, 0.15) is 32.4 Å². The molecule has 0 spiro atoms. The maximum Gasteiger partial charge on any atom is 0.340 e. The van der Waals surface area contributed by atoms with E-state index in [0.29, 0.717) is 17.0 Å². The summed E-state index contributed by atoms with van der Waals surface area (Å²) in [7, 11) is 2.77. The first-order valence-corrected chi connectivity index (χ1v) is 9.41. The molecule has 0 heterocycles. The molecule has 7 heteroatoms. The molecule has 3 rings (SSSR count). The highest BCUT2D eigenvalue weighted by Crippen LogP contribution is 2.24. The maximum absolute atomic E-state index is 13.0. The fourth-order valence-electron chi connectivity index (χ4n) is 2.90. The second-order valence-corrected chi connectivity index (χ2v) is 6.45. The van der Waals surface area contributed by atoms with Crippen LogP contribution in [0.5, 0.6) is 5.75 Å². The number of hydrogen-bond donors (Lipinski definition) is 1. The SMILES string of the molecule is COC(=O)c1ccccc1C(=O)OC(C(=O)Nc1ccc(OC)cc1)c1ccccc1. The Labute approximate surface area is 179 Å². The third-order valence-corrected chi connectivity index (χ3v) is 4.48. The summed E-state index contributed by atoms with van der Waals surface area (Å²) in [5.41, 5.74) is 1.06. The van der Waals surface area contributed by atoms with Gasteiger partial charge in [0.15, 0.2) is 0 Å². The van der Waals surface area contributed by atoms with E-state index in [9.17, 15) is 14.4 Å². The van der Waals surface area contributed by atoms with Crippen molar-refractivity contribution in [2.45, 2.75) is 6.10 Å². The first kappa shape index (κ1) is 21.6. The smallest absolute Gasteiger partial charge is 0.340 e. The van der Waals surface area contributed by atoms with Crippen molar-refractivity contribution >= 4 is 23.5 Å². The number of nitrogens with one attached hydrogen (secondary N) is 1. The van der Waals surface area contributed by atoms with E-state index < -0.39 is 23.9 Å². The van der Waals surface area contributed by atoms with E-state index in [4.69, 9.17) is 14.2 Å². The van der Waals surface area contributed by atoms with E-state index >= 15 is 0 Å². The Kier molecular flexibility index (Phi) is 7.01. The van der Waals surface area contributed by atoms with Crippen LogP contribution in [0, 0.1) is 0 Å². The number of benzene rings is 3. The van der Waals surface area contributed by atoms with Gasteiger partial charge in [-0.2, -0.15) is 0 Å². The van der Waals surface area contributed by atoms with Crippen LogP contribution in [0.4, 0.5) is 5.69 Å². The maximum atomic E-state index is 13.0. The van der Waals surface area contributed by atoms with E-state index in [2.05, 4.69) is 5.32 Å². The predicted octanol–water partition coefficient (Wildman–Crippen LogP) is 4.02. The molecule has 0 bridgehead atoms. The molecule has 31 heavy (non-hydrogen) atoms. The summed E-state index contributed by atoms with van der Waals surface area (Å²) < 4.78 is 15.4. The molecule has 0 aliphatic heterocycles. The van der Waals surface area contributed by atoms with Crippen molar-refractivity contribution in [2.75, 3.05) is 19.5 Å². The average Bonchev–Trinajstić information content (AvgIpc) is 2.82. The number of methoxy groups -OCH3 is 2. The second-order valence-electron chi connectivity index (χ2n) is 6.45. The van der Waals surface area contributed by atoms with Gasteiger partial charge in [0, 0.05) is 11.3 Å². The van der Waals surface area contributed by atoms with Gasteiger partial charge >= 0.3 is 11.9 Å². The van der Waals surface area contributed by atoms with Gasteiger partial charge in [-0.05, 0) is 36.4 Å². The van der Waals surface area contributed by atoms with E-state index in [1.54, 1.807) is 73.8 Å². The molecule has 0 radical (unpaired) electrons. The molecule has 0 saturated carbocycles. The molecule has 0 aliphatic carbocycles. The first-order valence-electron chi connectivity index (χ1n) is 9.41. The van der Waals surface area contributed by atoms with Gasteiger partial charge in [0.25, 0.3) is 5.91 Å². The fraction of sp³-hybridized carbons (Fsp3) is 0.125. The Morgan fingerprint density at radius 2 is 1.32 bits per heavy atom. The fourth-order valence-corrected chi connectivity index (χ4v) is 2.90. The Morgan fingerprint density at radius 1 is 0.742 bits per heavy atom. The molecule has 1 N–H and O–H groups in total. The second kappa shape index (κ2) is 10.1. The van der Waals surface area contributed by atoms with E-state index in [0.717, 1.165) is 0 Å². The Balaban J connectivity index is 1.87. The normalized spacial score (nSPS) is 11.2. The molecule has 1 amide bonds. The van der Waals surface area contributed by atoms with Crippen LogP contribution in [0.15, 0.2) is 78.9 Å². The summed E-state index contributed by atoms with van der Waals surface area (Å²) in [6, 6.07) is 21.5. The van der Waals surface area contributed by atoms with Crippen molar-refractivity contribution < 1.29 is 28.6 Å². The highest BCUT2D eigenvalue weighted by Gasteiger charge is 2.28. The quantitative estimate of drug-likeness (QED) is 0.582. The number of carbonyl (C=O) groups is 3. The number of amides is 1. The molecular formula is C24H21NO6. The third kappa shape index (κ3) is 5.27. The molecule has 7 nitrogen and oxygen atoms in total. The third-order valence-electron chi connectivity index (χ3n) is 4.48. The van der Waals surface area contributed by atoms with Gasteiger partial charge in [-0.3, -0.25) is 4.79 Å². The molecule has 158 valence electrons. The van der Waals surface area contributed by atoms with Gasteiger partial charge in [-0.25, -0.2) is 9.59 Å². The number of esters is 2. The van der Waals surface area contributed by atoms with Crippen LogP contribution < -0.4 is 10.1 Å². The summed E-state index contributed by atoms with van der Waals surface area (Å²) >= 11 is 0. The molecule has 3 aromatic rings. The minimum Gasteiger partial charge on any atom is -0.497 e. The Morgan fingerprint density at radius 3 is 1.90 bits per heavy atom. The number of rotatable bonds is 7. The van der Waals surface area contributed by atoms with Crippen LogP contribution in [0.3, 0.4) is 0 Å². The Hall–Kier alpha value is -4.13. The lowest BCUT2D eigenvalue weighted by molar-refractivity contribution is -0.125. The summed E-state index contributed by atoms with van der Waals surface area (Å²) in [5.74, 6) is -1.39. The average molecular weight is 419 g/mol. The van der Waals surface area contributed by atoms with Gasteiger partial charge in [0.2, 0.25) is 6.10 Å². The topological polar surface area (TPSA) is 90.9 Å². The zero-order valence-electron chi connectivity index (χ0n) is 17.0. The predicted molar refractivity (Wildman–Crippen MR) is 114 cm³/mol. The van der Waals surface area contributed by atoms with Gasteiger partial charge < -0.3 is 19.5 Å². The van der Waals surface area contributed by atoms with Crippen molar-refractivity contribution in [2.24, 2.45) is 0 Å².